The summed E-state index contributed by atoms with van der Waals surface area (Å²) in [6.45, 7) is 15.7. The molecule has 254 valence electrons. The van der Waals surface area contributed by atoms with Crippen LogP contribution in [-0.2, 0) is 25.1 Å². The van der Waals surface area contributed by atoms with Gasteiger partial charge in [0.25, 0.3) is 8.32 Å². The van der Waals surface area contributed by atoms with Gasteiger partial charge in [0.1, 0.15) is 18.0 Å². The Morgan fingerprint density at radius 1 is 0.854 bits per heavy atom. The van der Waals surface area contributed by atoms with Gasteiger partial charge in [-0.05, 0) is 69.6 Å². The summed E-state index contributed by atoms with van der Waals surface area (Å²) in [6, 6.07) is 35.4. The molecule has 0 aromatic heterocycles. The molecule has 0 N–H and O–H groups in total. The number of halogens is 1. The monoisotopic (exact) mass is 684 g/mol. The van der Waals surface area contributed by atoms with Crippen LogP contribution in [-0.4, -0.2) is 39.7 Å². The normalized spacial score (nSPS) is 21.5. The van der Waals surface area contributed by atoms with Crippen LogP contribution in [0.1, 0.15) is 71.3 Å². The number of ether oxygens (including phenoxy) is 3. The third-order valence-electron chi connectivity index (χ3n) is 9.76. The van der Waals surface area contributed by atoms with E-state index in [2.05, 4.69) is 113 Å². The first-order valence-corrected chi connectivity index (χ1v) is 19.3. The van der Waals surface area contributed by atoms with Gasteiger partial charge in [-0.1, -0.05) is 131 Å². The second-order valence-corrected chi connectivity index (χ2v) is 18.7. The van der Waals surface area contributed by atoms with Gasteiger partial charge >= 0.3 is 5.97 Å². The molecule has 48 heavy (non-hydrogen) atoms. The third kappa shape index (κ3) is 7.73. The molecule has 7 heteroatoms. The van der Waals surface area contributed by atoms with Gasteiger partial charge in [-0.3, -0.25) is 4.79 Å². The quantitative estimate of drug-likeness (QED) is 0.117. The number of benzene rings is 4. The van der Waals surface area contributed by atoms with Gasteiger partial charge in [-0.25, -0.2) is 0 Å². The number of carbonyl (C=O) groups excluding carboxylic acids is 1. The van der Waals surface area contributed by atoms with E-state index in [1.54, 1.807) is 0 Å². The molecular weight excluding hydrogens is 636 g/mol. The van der Waals surface area contributed by atoms with E-state index in [-0.39, 0.29) is 28.9 Å². The largest absolute Gasteiger partial charge is 0.494 e. The average molecular weight is 685 g/mol. The van der Waals surface area contributed by atoms with Crippen LogP contribution in [0.3, 0.4) is 0 Å². The molecule has 1 heterocycles. The van der Waals surface area contributed by atoms with E-state index < -0.39 is 20.5 Å². The molecule has 5 rings (SSSR count). The zero-order valence-corrected chi connectivity index (χ0v) is 31.0. The third-order valence-corrected chi connectivity index (χ3v) is 15.1. The molecule has 0 saturated carbocycles. The predicted octanol–water partition coefficient (Wildman–Crippen LogP) is 8.55. The minimum atomic E-state index is -2.79. The van der Waals surface area contributed by atoms with E-state index in [4.69, 9.17) is 30.2 Å². The average Bonchev–Trinajstić information content (AvgIpc) is 3.07. The van der Waals surface area contributed by atoms with Crippen molar-refractivity contribution in [2.75, 3.05) is 13.2 Å². The molecule has 5 atom stereocenters. The number of hydrogen-bond donors (Lipinski definition) is 0. The molecular formula is C41H49ClO5Si. The topological polar surface area (TPSA) is 54.0 Å². The molecule has 0 radical (unpaired) electrons. The first kappa shape index (κ1) is 35.9. The summed E-state index contributed by atoms with van der Waals surface area (Å²) < 4.78 is 26.0. The second kappa shape index (κ2) is 15.4. The molecule has 5 unspecified atom stereocenters. The predicted molar refractivity (Wildman–Crippen MR) is 197 cm³/mol. The molecule has 5 nitrogen and oxygen atoms in total. The molecule has 1 aliphatic heterocycles. The Labute approximate surface area is 292 Å². The van der Waals surface area contributed by atoms with E-state index in [9.17, 15) is 4.79 Å². The van der Waals surface area contributed by atoms with Gasteiger partial charge in [0, 0.05) is 17.9 Å². The first-order chi connectivity index (χ1) is 22.9. The maximum atomic E-state index is 12.4. The minimum Gasteiger partial charge on any atom is -0.494 e. The molecule has 0 bridgehead atoms. The van der Waals surface area contributed by atoms with Crippen LogP contribution in [0.25, 0.3) is 0 Å². The Bertz CT molecular complexity index is 1600. The highest BCUT2D eigenvalue weighted by Gasteiger charge is 2.52. The van der Waals surface area contributed by atoms with Crippen LogP contribution in [0.2, 0.25) is 10.1 Å². The fraction of sp³-hybridized carbons (Fsp3) is 0.390. The van der Waals surface area contributed by atoms with Gasteiger partial charge < -0.3 is 18.6 Å². The zero-order chi connectivity index (χ0) is 34.5. The van der Waals surface area contributed by atoms with Crippen molar-refractivity contribution in [3.63, 3.8) is 0 Å². The molecule has 4 aromatic carbocycles. The Morgan fingerprint density at radius 2 is 1.46 bits per heavy atom. The molecule has 0 spiro atoms. The van der Waals surface area contributed by atoms with Crippen molar-refractivity contribution < 1.29 is 23.4 Å². The van der Waals surface area contributed by atoms with E-state index in [0.717, 1.165) is 22.4 Å². The Balaban J connectivity index is 1.48. The summed E-state index contributed by atoms with van der Waals surface area (Å²) >= 11 is 6.76. The highest BCUT2D eigenvalue weighted by molar-refractivity contribution is 6.99. The molecule has 1 aliphatic rings. The van der Waals surface area contributed by atoms with Crippen LogP contribution >= 0.6 is 11.6 Å². The first-order valence-electron chi connectivity index (χ1n) is 17.0. The molecule has 0 amide bonds. The van der Waals surface area contributed by atoms with Crippen molar-refractivity contribution in [1.29, 1.82) is 0 Å². The number of carbonyl (C=O) groups is 1. The lowest BCUT2D eigenvalue weighted by Crippen LogP contribution is -2.67. The smallest absolute Gasteiger partial charge is 0.303 e. The lowest BCUT2D eigenvalue weighted by molar-refractivity contribution is -0.201. The van der Waals surface area contributed by atoms with E-state index in [1.807, 2.05) is 31.2 Å². The molecule has 0 aliphatic carbocycles. The van der Waals surface area contributed by atoms with Gasteiger partial charge in [-0.15, -0.1) is 0 Å². The summed E-state index contributed by atoms with van der Waals surface area (Å²) in [4.78, 5) is 12.4. The summed E-state index contributed by atoms with van der Waals surface area (Å²) in [5.41, 5.74) is 3.04. The van der Waals surface area contributed by atoms with E-state index >= 15 is 0 Å². The molecule has 1 fully saturated rings. The maximum absolute atomic E-state index is 12.4. The molecule has 1 saturated heterocycles. The Morgan fingerprint density at radius 3 is 2.00 bits per heavy atom. The summed E-state index contributed by atoms with van der Waals surface area (Å²) in [6.07, 6.45) is -0.523. The fourth-order valence-corrected chi connectivity index (χ4v) is 11.8. The van der Waals surface area contributed by atoms with E-state index in [0.29, 0.717) is 24.7 Å². The van der Waals surface area contributed by atoms with Crippen LogP contribution in [0.4, 0.5) is 0 Å². The lowest BCUT2D eigenvalue weighted by Gasteiger charge is -2.47. The summed E-state index contributed by atoms with van der Waals surface area (Å²) in [7, 11) is -2.79. The van der Waals surface area contributed by atoms with Crippen LogP contribution in [0.5, 0.6) is 5.75 Å². The van der Waals surface area contributed by atoms with Gasteiger partial charge in [0.15, 0.2) is 0 Å². The zero-order valence-electron chi connectivity index (χ0n) is 29.2. The summed E-state index contributed by atoms with van der Waals surface area (Å²) in [5, 5.41) is 2.98. The van der Waals surface area contributed by atoms with Crippen molar-refractivity contribution >= 4 is 36.3 Å². The van der Waals surface area contributed by atoms with Crippen molar-refractivity contribution in [2.24, 2.45) is 11.8 Å². The Hall–Kier alpha value is -3.42. The lowest BCUT2D eigenvalue weighted by atomic mass is 9.79. The second-order valence-electron chi connectivity index (χ2n) is 14.0. The van der Waals surface area contributed by atoms with Crippen molar-refractivity contribution in [3.8, 4) is 5.75 Å². The van der Waals surface area contributed by atoms with E-state index in [1.165, 1.54) is 17.3 Å². The van der Waals surface area contributed by atoms with Gasteiger partial charge in [0.05, 0.1) is 19.3 Å². The maximum Gasteiger partial charge on any atom is 0.303 e. The standard InChI is InChI=1S/C41H49ClO5Si/c1-8-44-34-22-19-31(20-23-34)25-33-26-32(21-24-37(33)42)40-39(46-30(4)43)29(3)28(2)38(47-40)27-45-48(41(5,6)7,35-15-11-9-12-16-35)36-17-13-10-14-18-36/h9-24,26,28-29,38-40H,8,25,27H2,1-7H3. The number of hydrogen-bond acceptors (Lipinski definition) is 5. The van der Waals surface area contributed by atoms with Crippen LogP contribution in [0, 0.1) is 11.8 Å². The Kier molecular flexibility index (Phi) is 11.5. The van der Waals surface area contributed by atoms with Crippen molar-refractivity contribution in [1.82, 2.24) is 0 Å². The van der Waals surface area contributed by atoms with Crippen LogP contribution in [0.15, 0.2) is 103 Å². The van der Waals surface area contributed by atoms with Gasteiger partial charge in [-0.2, -0.15) is 0 Å². The molecule has 4 aromatic rings. The van der Waals surface area contributed by atoms with Crippen molar-refractivity contribution in [2.45, 2.75) is 78.2 Å². The van der Waals surface area contributed by atoms with Crippen LogP contribution < -0.4 is 15.1 Å². The minimum absolute atomic E-state index is 0.0191. The van der Waals surface area contributed by atoms with Crippen molar-refractivity contribution in [3.05, 3.63) is 125 Å². The SMILES string of the molecule is CCOc1ccc(Cc2cc(C3OC(CO[Si](c4ccccc4)(c4ccccc4)C(C)(C)C)C(C)C(C)C3OC(C)=O)ccc2Cl)cc1. The highest BCUT2D eigenvalue weighted by Crippen LogP contribution is 2.43. The fourth-order valence-electron chi connectivity index (χ4n) is 7.09. The van der Waals surface area contributed by atoms with Gasteiger partial charge in [0.2, 0.25) is 0 Å². The number of rotatable bonds is 11. The number of esters is 1. The highest BCUT2D eigenvalue weighted by atomic mass is 35.5. The summed E-state index contributed by atoms with van der Waals surface area (Å²) in [5.74, 6) is 0.610.